The Bertz CT molecular complexity index is 130. The zero-order valence-electron chi connectivity index (χ0n) is 8.15. The second-order valence-corrected chi connectivity index (χ2v) is 4.28. The van der Waals surface area contributed by atoms with Crippen LogP contribution in [0.2, 0.25) is 0 Å². The van der Waals surface area contributed by atoms with Crippen LogP contribution in [0.1, 0.15) is 27.7 Å². The lowest BCUT2D eigenvalue weighted by Gasteiger charge is -2.45. The normalized spacial score (nSPS) is 25.9. The summed E-state index contributed by atoms with van der Waals surface area (Å²) in [4.78, 5) is 2.56. The maximum atomic E-state index is 3.42. The average molecular weight is 156 g/mol. The van der Waals surface area contributed by atoms with Crippen LogP contribution in [0.4, 0.5) is 0 Å². The first-order valence-electron chi connectivity index (χ1n) is 4.51. The minimum atomic E-state index is 0.340. The van der Waals surface area contributed by atoms with Gasteiger partial charge in [0, 0.05) is 31.2 Å². The summed E-state index contributed by atoms with van der Waals surface area (Å²) in [6.45, 7) is 12.6. The molecule has 0 bridgehead atoms. The summed E-state index contributed by atoms with van der Waals surface area (Å²) in [6.07, 6.45) is 0. The molecule has 0 saturated carbocycles. The fraction of sp³-hybridized carbons (Fsp3) is 1.00. The van der Waals surface area contributed by atoms with Crippen molar-refractivity contribution in [1.29, 1.82) is 0 Å². The zero-order valence-corrected chi connectivity index (χ0v) is 8.15. The molecule has 11 heavy (non-hydrogen) atoms. The van der Waals surface area contributed by atoms with E-state index < -0.39 is 0 Å². The molecule has 1 rings (SSSR count). The van der Waals surface area contributed by atoms with Gasteiger partial charge in [-0.2, -0.15) is 0 Å². The number of piperazine rings is 1. The van der Waals surface area contributed by atoms with E-state index >= 15 is 0 Å². The Morgan fingerprint density at radius 1 is 1.36 bits per heavy atom. The van der Waals surface area contributed by atoms with Gasteiger partial charge in [-0.1, -0.05) is 0 Å². The van der Waals surface area contributed by atoms with E-state index in [1.807, 2.05) is 0 Å². The Morgan fingerprint density at radius 3 is 2.36 bits per heavy atom. The molecule has 0 spiro atoms. The van der Waals surface area contributed by atoms with Gasteiger partial charge in [0.2, 0.25) is 0 Å². The van der Waals surface area contributed by atoms with Crippen LogP contribution in [-0.2, 0) is 0 Å². The Morgan fingerprint density at radius 2 is 2.00 bits per heavy atom. The van der Waals surface area contributed by atoms with Crippen LogP contribution in [0.5, 0.6) is 0 Å². The maximum Gasteiger partial charge on any atom is 0.0280 e. The van der Waals surface area contributed by atoms with Crippen LogP contribution >= 0.6 is 0 Å². The Hall–Kier alpha value is -0.0800. The Labute approximate surface area is 70.0 Å². The number of hydrogen-bond donors (Lipinski definition) is 1. The topological polar surface area (TPSA) is 15.3 Å². The summed E-state index contributed by atoms with van der Waals surface area (Å²) in [7, 11) is 0. The van der Waals surface area contributed by atoms with Crippen LogP contribution in [0.3, 0.4) is 0 Å². The van der Waals surface area contributed by atoms with Crippen molar-refractivity contribution in [3.8, 4) is 0 Å². The van der Waals surface area contributed by atoms with Gasteiger partial charge in [0.05, 0.1) is 0 Å². The van der Waals surface area contributed by atoms with Gasteiger partial charge in [-0.3, -0.25) is 4.90 Å². The van der Waals surface area contributed by atoms with Crippen molar-refractivity contribution >= 4 is 0 Å². The van der Waals surface area contributed by atoms with Crippen LogP contribution < -0.4 is 5.32 Å². The molecule has 0 atom stereocenters. The molecule has 1 fully saturated rings. The fourth-order valence-electron chi connectivity index (χ4n) is 1.96. The molecule has 2 nitrogen and oxygen atoms in total. The first-order chi connectivity index (χ1) is 5.04. The Balaban J connectivity index is 2.60. The van der Waals surface area contributed by atoms with Crippen LogP contribution in [0, 0.1) is 0 Å². The van der Waals surface area contributed by atoms with Gasteiger partial charge >= 0.3 is 0 Å². The summed E-state index contributed by atoms with van der Waals surface area (Å²) in [5, 5.41) is 3.42. The highest BCUT2D eigenvalue weighted by Crippen LogP contribution is 2.18. The first-order valence-corrected chi connectivity index (χ1v) is 4.51. The lowest BCUT2D eigenvalue weighted by Crippen LogP contribution is -2.59. The van der Waals surface area contributed by atoms with E-state index in [1.54, 1.807) is 0 Å². The Kier molecular flexibility index (Phi) is 2.55. The lowest BCUT2D eigenvalue weighted by atomic mass is 9.98. The molecule has 0 aliphatic carbocycles. The maximum absolute atomic E-state index is 3.42. The van der Waals surface area contributed by atoms with E-state index in [2.05, 4.69) is 37.9 Å². The molecular weight excluding hydrogens is 136 g/mol. The minimum Gasteiger partial charge on any atom is -0.314 e. The molecule has 0 aromatic heterocycles. The molecule has 1 saturated heterocycles. The summed E-state index contributed by atoms with van der Waals surface area (Å²) >= 11 is 0. The number of rotatable bonds is 1. The van der Waals surface area contributed by atoms with Gasteiger partial charge < -0.3 is 5.32 Å². The second kappa shape index (κ2) is 3.11. The summed E-state index contributed by atoms with van der Waals surface area (Å²) in [6, 6.07) is 0.673. The van der Waals surface area contributed by atoms with E-state index in [0.29, 0.717) is 11.6 Å². The molecule has 1 aliphatic heterocycles. The van der Waals surface area contributed by atoms with Crippen molar-refractivity contribution in [2.75, 3.05) is 19.6 Å². The minimum absolute atomic E-state index is 0.340. The first kappa shape index (κ1) is 9.01. The fourth-order valence-corrected chi connectivity index (χ4v) is 1.96. The van der Waals surface area contributed by atoms with Gasteiger partial charge in [0.15, 0.2) is 0 Å². The second-order valence-electron chi connectivity index (χ2n) is 4.28. The van der Waals surface area contributed by atoms with E-state index in [1.165, 1.54) is 6.54 Å². The monoisotopic (exact) mass is 156 g/mol. The van der Waals surface area contributed by atoms with Gasteiger partial charge in [-0.15, -0.1) is 0 Å². The van der Waals surface area contributed by atoms with Crippen molar-refractivity contribution in [2.24, 2.45) is 0 Å². The van der Waals surface area contributed by atoms with E-state index in [0.717, 1.165) is 13.1 Å². The highest BCUT2D eigenvalue weighted by atomic mass is 15.3. The van der Waals surface area contributed by atoms with Crippen molar-refractivity contribution in [3.05, 3.63) is 0 Å². The molecule has 0 unspecified atom stereocenters. The third kappa shape index (κ3) is 1.94. The molecule has 0 amide bonds. The van der Waals surface area contributed by atoms with Crippen molar-refractivity contribution in [3.63, 3.8) is 0 Å². The zero-order chi connectivity index (χ0) is 8.48. The summed E-state index contributed by atoms with van der Waals surface area (Å²) in [5.74, 6) is 0. The SMILES string of the molecule is CC(C)N1CCNCC1(C)C. The molecule has 66 valence electrons. The molecule has 1 N–H and O–H groups in total. The lowest BCUT2D eigenvalue weighted by molar-refractivity contribution is 0.0595. The standard InChI is InChI=1S/C9H20N2/c1-8(2)11-6-5-10-7-9(11,3)4/h8,10H,5-7H2,1-4H3. The molecule has 2 heteroatoms. The molecular formula is C9H20N2. The highest BCUT2D eigenvalue weighted by Gasteiger charge is 2.30. The van der Waals surface area contributed by atoms with Crippen molar-refractivity contribution in [2.45, 2.75) is 39.3 Å². The largest absolute Gasteiger partial charge is 0.314 e. The molecule has 0 aromatic carbocycles. The third-order valence-electron chi connectivity index (χ3n) is 2.49. The number of nitrogens with zero attached hydrogens (tertiary/aromatic N) is 1. The molecule has 0 aromatic rings. The quantitative estimate of drug-likeness (QED) is 0.611. The predicted molar refractivity (Wildman–Crippen MR) is 48.8 cm³/mol. The van der Waals surface area contributed by atoms with Gasteiger partial charge in [0.1, 0.15) is 0 Å². The molecule has 0 radical (unpaired) electrons. The smallest absolute Gasteiger partial charge is 0.0280 e. The van der Waals surface area contributed by atoms with E-state index in [-0.39, 0.29) is 0 Å². The number of hydrogen-bond acceptors (Lipinski definition) is 2. The summed E-state index contributed by atoms with van der Waals surface area (Å²) in [5.41, 5.74) is 0.340. The van der Waals surface area contributed by atoms with Crippen molar-refractivity contribution < 1.29 is 0 Å². The van der Waals surface area contributed by atoms with Crippen LogP contribution in [0.15, 0.2) is 0 Å². The highest BCUT2D eigenvalue weighted by molar-refractivity contribution is 4.89. The van der Waals surface area contributed by atoms with Crippen molar-refractivity contribution in [1.82, 2.24) is 10.2 Å². The van der Waals surface area contributed by atoms with Gasteiger partial charge in [-0.25, -0.2) is 0 Å². The van der Waals surface area contributed by atoms with Gasteiger partial charge in [-0.05, 0) is 27.7 Å². The average Bonchev–Trinajstić information content (AvgIpc) is 1.85. The van der Waals surface area contributed by atoms with Crippen LogP contribution in [-0.4, -0.2) is 36.1 Å². The van der Waals surface area contributed by atoms with E-state index in [4.69, 9.17) is 0 Å². The summed E-state index contributed by atoms with van der Waals surface area (Å²) < 4.78 is 0. The molecule has 1 heterocycles. The molecule has 1 aliphatic rings. The van der Waals surface area contributed by atoms with Crippen LogP contribution in [0.25, 0.3) is 0 Å². The third-order valence-corrected chi connectivity index (χ3v) is 2.49. The predicted octanol–water partition coefficient (Wildman–Crippen LogP) is 1.08. The number of nitrogens with one attached hydrogen (secondary N) is 1. The van der Waals surface area contributed by atoms with E-state index in [9.17, 15) is 0 Å². The van der Waals surface area contributed by atoms with Gasteiger partial charge in [0.25, 0.3) is 0 Å².